The van der Waals surface area contributed by atoms with Crippen LogP contribution in [-0.2, 0) is 0 Å². The van der Waals surface area contributed by atoms with Crippen molar-refractivity contribution in [3.63, 3.8) is 0 Å². The topological polar surface area (TPSA) is 59.4 Å². The van der Waals surface area contributed by atoms with Crippen LogP contribution in [0.25, 0.3) is 11.0 Å². The van der Waals surface area contributed by atoms with Crippen LogP contribution < -0.4 is 5.73 Å². The minimum Gasteiger partial charge on any atom is -0.463 e. The monoisotopic (exact) mass is 255 g/mol. The molecule has 1 atom stereocenters. The first-order valence-corrected chi connectivity index (χ1v) is 5.06. The molecular weight excluding hydrogens is 246 g/mol. The number of benzene rings is 1. The van der Waals surface area contributed by atoms with Gasteiger partial charge in [-0.05, 0) is 33.6 Å². The van der Waals surface area contributed by atoms with Crippen molar-refractivity contribution in [1.29, 1.82) is 0 Å². The number of aliphatic hydroxyl groups is 1. The third-order valence-corrected chi connectivity index (χ3v) is 2.77. The van der Waals surface area contributed by atoms with Crippen LogP contribution in [0.1, 0.15) is 11.7 Å². The maximum Gasteiger partial charge on any atom is 0.135 e. The largest absolute Gasteiger partial charge is 0.463 e. The van der Waals surface area contributed by atoms with Crippen LogP contribution in [-0.4, -0.2) is 11.7 Å². The molecule has 0 aliphatic rings. The first-order valence-electron chi connectivity index (χ1n) is 4.27. The van der Waals surface area contributed by atoms with E-state index in [1.807, 2.05) is 18.2 Å². The van der Waals surface area contributed by atoms with E-state index in [-0.39, 0.29) is 6.54 Å². The van der Waals surface area contributed by atoms with Gasteiger partial charge in [0.1, 0.15) is 11.8 Å². The zero-order valence-electron chi connectivity index (χ0n) is 7.40. The molecule has 2 rings (SSSR count). The molecule has 1 heterocycles. The van der Waals surface area contributed by atoms with Gasteiger partial charge in [-0.1, -0.05) is 6.07 Å². The zero-order chi connectivity index (χ0) is 10.1. The lowest BCUT2D eigenvalue weighted by molar-refractivity contribution is 0.187. The summed E-state index contributed by atoms with van der Waals surface area (Å²) in [5, 5.41) is 10.5. The van der Waals surface area contributed by atoms with Crippen molar-refractivity contribution < 1.29 is 9.52 Å². The Morgan fingerprint density at radius 1 is 1.50 bits per heavy atom. The van der Waals surface area contributed by atoms with Gasteiger partial charge in [0, 0.05) is 11.9 Å². The van der Waals surface area contributed by atoms with E-state index in [4.69, 9.17) is 10.2 Å². The highest BCUT2D eigenvalue weighted by Gasteiger charge is 2.08. The average molecular weight is 256 g/mol. The predicted molar refractivity (Wildman–Crippen MR) is 57.9 cm³/mol. The van der Waals surface area contributed by atoms with Gasteiger partial charge in [-0.25, -0.2) is 0 Å². The van der Waals surface area contributed by atoms with Gasteiger partial charge < -0.3 is 15.3 Å². The fourth-order valence-electron chi connectivity index (χ4n) is 1.36. The Labute approximate surface area is 89.6 Å². The molecule has 4 heteroatoms. The van der Waals surface area contributed by atoms with Crippen molar-refractivity contribution in [3.05, 3.63) is 34.5 Å². The van der Waals surface area contributed by atoms with E-state index in [0.29, 0.717) is 0 Å². The fourth-order valence-corrected chi connectivity index (χ4v) is 1.76. The van der Waals surface area contributed by atoms with Gasteiger partial charge in [0.2, 0.25) is 0 Å². The Morgan fingerprint density at radius 2 is 2.29 bits per heavy atom. The first kappa shape index (κ1) is 9.71. The second kappa shape index (κ2) is 3.73. The zero-order valence-corrected chi connectivity index (χ0v) is 8.99. The maximum atomic E-state index is 9.55. The molecule has 1 aromatic carbocycles. The van der Waals surface area contributed by atoms with Crippen LogP contribution in [0.15, 0.2) is 33.4 Å². The fraction of sp³-hybridized carbons (Fsp3) is 0.200. The predicted octanol–water partition coefficient (Wildman–Crippen LogP) is 2.19. The van der Waals surface area contributed by atoms with Crippen molar-refractivity contribution >= 4 is 26.9 Å². The quantitative estimate of drug-likeness (QED) is 0.865. The summed E-state index contributed by atoms with van der Waals surface area (Å²) in [5.41, 5.74) is 6.98. The van der Waals surface area contributed by atoms with E-state index in [1.165, 1.54) is 0 Å². The lowest BCUT2D eigenvalue weighted by Crippen LogP contribution is -2.11. The summed E-state index contributed by atoms with van der Waals surface area (Å²) in [6.45, 7) is 0.223. The number of aliphatic hydroxyl groups excluding tert-OH is 1. The van der Waals surface area contributed by atoms with Crippen molar-refractivity contribution in [1.82, 2.24) is 0 Å². The van der Waals surface area contributed by atoms with E-state index >= 15 is 0 Å². The molecule has 0 spiro atoms. The number of fused-ring (bicyclic) bond motifs is 1. The minimum atomic E-state index is -0.610. The van der Waals surface area contributed by atoms with Crippen LogP contribution in [0.5, 0.6) is 0 Å². The second-order valence-electron chi connectivity index (χ2n) is 3.09. The van der Waals surface area contributed by atoms with Crippen LogP contribution in [0.3, 0.4) is 0 Å². The van der Waals surface area contributed by atoms with E-state index < -0.39 is 6.10 Å². The molecule has 0 fully saturated rings. The van der Waals surface area contributed by atoms with Crippen molar-refractivity contribution in [3.8, 4) is 0 Å². The highest BCUT2D eigenvalue weighted by Crippen LogP contribution is 2.28. The Hall–Kier alpha value is -0.840. The van der Waals surface area contributed by atoms with E-state index in [2.05, 4.69) is 15.9 Å². The van der Waals surface area contributed by atoms with Gasteiger partial charge >= 0.3 is 0 Å². The third-order valence-electron chi connectivity index (χ3n) is 2.16. The van der Waals surface area contributed by atoms with Crippen LogP contribution in [0, 0.1) is 0 Å². The molecular formula is C10H10BrNO2. The highest BCUT2D eigenvalue weighted by molar-refractivity contribution is 9.10. The summed E-state index contributed by atoms with van der Waals surface area (Å²) in [6.07, 6.45) is 1.02. The van der Waals surface area contributed by atoms with Crippen LogP contribution in [0.2, 0.25) is 0 Å². The number of nitrogens with two attached hydrogens (primary N) is 1. The number of rotatable bonds is 2. The average Bonchev–Trinajstić information content (AvgIpc) is 2.59. The Morgan fingerprint density at radius 3 is 3.00 bits per heavy atom. The molecule has 0 aliphatic carbocycles. The smallest absolute Gasteiger partial charge is 0.135 e. The van der Waals surface area contributed by atoms with Gasteiger partial charge in [0.15, 0.2) is 0 Å². The minimum absolute atomic E-state index is 0.223. The summed E-state index contributed by atoms with van der Waals surface area (Å²) in [4.78, 5) is 0. The van der Waals surface area contributed by atoms with Crippen molar-refractivity contribution in [2.45, 2.75) is 6.10 Å². The first-order chi connectivity index (χ1) is 6.72. The molecule has 3 nitrogen and oxygen atoms in total. The molecule has 14 heavy (non-hydrogen) atoms. The van der Waals surface area contributed by atoms with Gasteiger partial charge in [-0.2, -0.15) is 0 Å². The summed E-state index contributed by atoms with van der Waals surface area (Å²) >= 11 is 3.37. The molecule has 74 valence electrons. The lowest BCUT2D eigenvalue weighted by Gasteiger charge is -2.07. The van der Waals surface area contributed by atoms with Gasteiger partial charge in [0.05, 0.1) is 10.6 Å². The highest BCUT2D eigenvalue weighted by atomic mass is 79.9. The molecule has 1 unspecified atom stereocenters. The maximum absolute atomic E-state index is 9.55. The standard InChI is InChI=1S/C10H10BrNO2/c11-8-5-14-10-2-1-6(3-7(8)10)9(13)4-12/h1-3,5,9,13H,4,12H2. The molecule has 0 amide bonds. The van der Waals surface area contributed by atoms with Crippen molar-refractivity contribution in [2.24, 2.45) is 5.73 Å². The Balaban J connectivity index is 2.54. The molecule has 0 radical (unpaired) electrons. The normalized spacial score (nSPS) is 13.4. The van der Waals surface area contributed by atoms with E-state index in [0.717, 1.165) is 21.0 Å². The number of furan rings is 1. The molecule has 3 N–H and O–H groups in total. The Bertz CT molecular complexity index is 452. The molecule has 1 aromatic heterocycles. The van der Waals surface area contributed by atoms with Gasteiger partial charge in [-0.3, -0.25) is 0 Å². The van der Waals surface area contributed by atoms with E-state index in [1.54, 1.807) is 6.26 Å². The lowest BCUT2D eigenvalue weighted by atomic mass is 10.1. The third kappa shape index (κ3) is 1.56. The summed E-state index contributed by atoms with van der Waals surface area (Å²) in [6, 6.07) is 5.52. The summed E-state index contributed by atoms with van der Waals surface area (Å²) in [7, 11) is 0. The van der Waals surface area contributed by atoms with Crippen LogP contribution in [0.4, 0.5) is 0 Å². The SMILES string of the molecule is NCC(O)c1ccc2occ(Br)c2c1. The number of hydrogen-bond acceptors (Lipinski definition) is 3. The van der Waals surface area contributed by atoms with Gasteiger partial charge in [-0.15, -0.1) is 0 Å². The van der Waals surface area contributed by atoms with Crippen LogP contribution >= 0.6 is 15.9 Å². The van der Waals surface area contributed by atoms with E-state index in [9.17, 15) is 5.11 Å². The summed E-state index contributed by atoms with van der Waals surface area (Å²) < 4.78 is 6.14. The van der Waals surface area contributed by atoms with Crippen molar-refractivity contribution in [2.75, 3.05) is 6.54 Å². The Kier molecular flexibility index (Phi) is 2.58. The molecule has 0 saturated heterocycles. The number of halogens is 1. The van der Waals surface area contributed by atoms with Gasteiger partial charge in [0.25, 0.3) is 0 Å². The molecule has 0 saturated carbocycles. The molecule has 2 aromatic rings. The summed E-state index contributed by atoms with van der Waals surface area (Å²) in [5.74, 6) is 0. The molecule has 0 aliphatic heterocycles. The molecule has 0 bridgehead atoms. The number of hydrogen-bond donors (Lipinski definition) is 2. The second-order valence-corrected chi connectivity index (χ2v) is 3.95.